The summed E-state index contributed by atoms with van der Waals surface area (Å²) in [5.74, 6) is -1.64. The van der Waals surface area contributed by atoms with E-state index >= 15 is 0 Å². The van der Waals surface area contributed by atoms with Gasteiger partial charge in [-0.15, -0.1) is 0 Å². The van der Waals surface area contributed by atoms with Gasteiger partial charge in [0.1, 0.15) is 6.04 Å². The minimum absolute atomic E-state index is 0.132. The summed E-state index contributed by atoms with van der Waals surface area (Å²) in [6, 6.07) is 4.13. The van der Waals surface area contributed by atoms with Crippen molar-refractivity contribution in [1.29, 1.82) is 0 Å². The van der Waals surface area contributed by atoms with E-state index in [9.17, 15) is 14.4 Å². The van der Waals surface area contributed by atoms with E-state index in [1.807, 2.05) is 0 Å². The summed E-state index contributed by atoms with van der Waals surface area (Å²) in [6.07, 6.45) is 0.550. The number of carboxylic acid groups (broad SMARTS) is 1. The zero-order chi connectivity index (χ0) is 18.3. The summed E-state index contributed by atoms with van der Waals surface area (Å²) < 4.78 is 0. The van der Waals surface area contributed by atoms with E-state index in [1.54, 1.807) is 18.2 Å². The van der Waals surface area contributed by atoms with E-state index in [0.29, 0.717) is 16.5 Å². The molecule has 2 N–H and O–H groups in total. The van der Waals surface area contributed by atoms with Crippen LogP contribution in [0, 0.1) is 0 Å². The molecule has 0 radical (unpaired) electrons. The maximum Gasteiger partial charge on any atom is 0.326 e. The largest absolute Gasteiger partial charge is 0.480 e. The molecule has 0 aliphatic heterocycles. The van der Waals surface area contributed by atoms with Crippen molar-refractivity contribution < 1.29 is 19.5 Å². The number of benzene rings is 1. The smallest absolute Gasteiger partial charge is 0.326 e. The number of amides is 2. The quantitative estimate of drug-likeness (QED) is 0.730. The second-order valence-electron chi connectivity index (χ2n) is 5.33. The number of rotatable bonds is 8. The molecule has 0 saturated carbocycles. The highest BCUT2D eigenvalue weighted by molar-refractivity contribution is 6.42. The molecule has 132 valence electrons. The fraction of sp³-hybridized carbons (Fsp3) is 0.438. The number of hydrogen-bond donors (Lipinski definition) is 2. The predicted octanol–water partition coefficient (Wildman–Crippen LogP) is 2.36. The maximum absolute atomic E-state index is 12.4. The third-order valence-corrected chi connectivity index (χ3v) is 4.22. The third kappa shape index (κ3) is 6.37. The van der Waals surface area contributed by atoms with Gasteiger partial charge in [-0.2, -0.15) is 0 Å². The molecule has 8 heteroatoms. The van der Waals surface area contributed by atoms with Crippen LogP contribution in [0.5, 0.6) is 0 Å². The van der Waals surface area contributed by atoms with Crippen LogP contribution in [-0.2, 0) is 20.8 Å². The Morgan fingerprint density at radius 2 is 1.92 bits per heavy atom. The molecule has 0 saturated heterocycles. The van der Waals surface area contributed by atoms with Crippen LogP contribution in [0.3, 0.4) is 0 Å². The van der Waals surface area contributed by atoms with E-state index < -0.39 is 12.0 Å². The van der Waals surface area contributed by atoms with Crippen LogP contribution in [-0.4, -0.2) is 46.9 Å². The van der Waals surface area contributed by atoms with Crippen molar-refractivity contribution in [3.63, 3.8) is 0 Å². The molecule has 6 nitrogen and oxygen atoms in total. The van der Waals surface area contributed by atoms with Crippen molar-refractivity contribution in [1.82, 2.24) is 10.2 Å². The first kappa shape index (κ1) is 20.3. The Morgan fingerprint density at radius 3 is 2.46 bits per heavy atom. The van der Waals surface area contributed by atoms with Crippen LogP contribution in [0.4, 0.5) is 0 Å². The Labute approximate surface area is 150 Å². The third-order valence-electron chi connectivity index (χ3n) is 3.48. The summed E-state index contributed by atoms with van der Waals surface area (Å²) in [6.45, 7) is 3.13. The summed E-state index contributed by atoms with van der Waals surface area (Å²) >= 11 is 11.8. The van der Waals surface area contributed by atoms with E-state index in [-0.39, 0.29) is 31.3 Å². The van der Waals surface area contributed by atoms with Crippen LogP contribution in [0.15, 0.2) is 18.2 Å². The summed E-state index contributed by atoms with van der Waals surface area (Å²) in [5.41, 5.74) is 0.836. The highest BCUT2D eigenvalue weighted by Crippen LogP contribution is 2.23. The van der Waals surface area contributed by atoms with Crippen molar-refractivity contribution in [2.45, 2.75) is 32.7 Å². The van der Waals surface area contributed by atoms with Gasteiger partial charge in [0.05, 0.1) is 10.0 Å². The number of hydrogen-bond acceptors (Lipinski definition) is 3. The van der Waals surface area contributed by atoms with Gasteiger partial charge in [-0.1, -0.05) is 29.3 Å². The SMILES string of the molecule is CC(=O)NCCN(C(=O)CCc1ccc(Cl)c(Cl)c1)C(C)C(=O)O. The lowest BCUT2D eigenvalue weighted by atomic mass is 10.1. The van der Waals surface area contributed by atoms with Crippen LogP contribution in [0.1, 0.15) is 25.8 Å². The van der Waals surface area contributed by atoms with Gasteiger partial charge >= 0.3 is 5.97 Å². The molecule has 0 spiro atoms. The van der Waals surface area contributed by atoms with E-state index in [0.717, 1.165) is 5.56 Å². The molecular weight excluding hydrogens is 355 g/mol. The molecule has 1 aromatic carbocycles. The monoisotopic (exact) mass is 374 g/mol. The Morgan fingerprint density at radius 1 is 1.25 bits per heavy atom. The summed E-state index contributed by atoms with van der Waals surface area (Å²) in [7, 11) is 0. The second-order valence-corrected chi connectivity index (χ2v) is 6.15. The van der Waals surface area contributed by atoms with Gasteiger partial charge in [0.15, 0.2) is 0 Å². The Balaban J connectivity index is 2.70. The number of carbonyl (C=O) groups excluding carboxylic acids is 2. The van der Waals surface area contributed by atoms with Crippen LogP contribution in [0.25, 0.3) is 0 Å². The molecule has 0 bridgehead atoms. The van der Waals surface area contributed by atoms with Gasteiger partial charge in [-0.25, -0.2) is 4.79 Å². The fourth-order valence-corrected chi connectivity index (χ4v) is 2.43. The maximum atomic E-state index is 12.4. The molecule has 1 unspecified atom stereocenters. The first-order valence-electron chi connectivity index (χ1n) is 7.43. The Bertz CT molecular complexity index is 622. The molecule has 24 heavy (non-hydrogen) atoms. The van der Waals surface area contributed by atoms with Crippen LogP contribution < -0.4 is 5.32 Å². The van der Waals surface area contributed by atoms with E-state index in [4.69, 9.17) is 28.3 Å². The first-order valence-corrected chi connectivity index (χ1v) is 8.18. The Hall–Kier alpha value is -1.79. The van der Waals surface area contributed by atoms with Crippen molar-refractivity contribution in [2.75, 3.05) is 13.1 Å². The fourth-order valence-electron chi connectivity index (χ4n) is 2.11. The minimum Gasteiger partial charge on any atom is -0.480 e. The lowest BCUT2D eigenvalue weighted by molar-refractivity contribution is -0.149. The molecule has 2 amide bonds. The molecule has 0 aromatic heterocycles. The molecule has 1 atom stereocenters. The number of nitrogens with one attached hydrogen (secondary N) is 1. The van der Waals surface area contributed by atoms with Gasteiger partial charge in [0.25, 0.3) is 0 Å². The molecule has 1 rings (SSSR count). The average Bonchev–Trinajstić information content (AvgIpc) is 2.51. The van der Waals surface area contributed by atoms with Crippen molar-refractivity contribution in [3.8, 4) is 0 Å². The molecule has 0 fully saturated rings. The van der Waals surface area contributed by atoms with Gasteiger partial charge in [0.2, 0.25) is 11.8 Å². The molecular formula is C16H20Cl2N2O4. The highest BCUT2D eigenvalue weighted by Gasteiger charge is 2.24. The molecule has 0 aliphatic carbocycles. The highest BCUT2D eigenvalue weighted by atomic mass is 35.5. The zero-order valence-corrected chi connectivity index (χ0v) is 15.0. The number of aryl methyl sites for hydroxylation is 1. The van der Waals surface area contributed by atoms with Crippen LogP contribution >= 0.6 is 23.2 Å². The lowest BCUT2D eigenvalue weighted by Crippen LogP contribution is -2.46. The van der Waals surface area contributed by atoms with Gasteiger partial charge in [-0.3, -0.25) is 9.59 Å². The number of aliphatic carboxylic acids is 1. The molecule has 0 aliphatic rings. The normalized spacial score (nSPS) is 11.7. The Kier molecular flexibility index (Phi) is 8.01. The zero-order valence-electron chi connectivity index (χ0n) is 13.5. The molecule has 1 aromatic rings. The second kappa shape index (κ2) is 9.49. The molecule has 0 heterocycles. The van der Waals surface area contributed by atoms with Gasteiger partial charge in [0, 0.05) is 26.4 Å². The number of carboxylic acids is 1. The predicted molar refractivity (Wildman–Crippen MR) is 92.3 cm³/mol. The number of halogens is 2. The topological polar surface area (TPSA) is 86.7 Å². The standard InChI is InChI=1S/C16H20Cl2N2O4/c1-10(16(23)24)20(8-7-19-11(2)21)15(22)6-4-12-3-5-13(17)14(18)9-12/h3,5,9-10H,4,6-8H2,1-2H3,(H,19,21)(H,23,24). The van der Waals surface area contributed by atoms with E-state index in [1.165, 1.54) is 18.7 Å². The van der Waals surface area contributed by atoms with Gasteiger partial charge < -0.3 is 15.3 Å². The van der Waals surface area contributed by atoms with Crippen molar-refractivity contribution in [3.05, 3.63) is 33.8 Å². The van der Waals surface area contributed by atoms with Crippen molar-refractivity contribution in [2.24, 2.45) is 0 Å². The first-order chi connectivity index (χ1) is 11.2. The summed E-state index contributed by atoms with van der Waals surface area (Å²) in [4.78, 5) is 35.7. The van der Waals surface area contributed by atoms with Crippen molar-refractivity contribution >= 4 is 41.0 Å². The van der Waals surface area contributed by atoms with E-state index in [2.05, 4.69) is 5.32 Å². The average molecular weight is 375 g/mol. The minimum atomic E-state index is -1.10. The lowest BCUT2D eigenvalue weighted by Gasteiger charge is -2.26. The van der Waals surface area contributed by atoms with Gasteiger partial charge in [-0.05, 0) is 31.0 Å². The summed E-state index contributed by atoms with van der Waals surface area (Å²) in [5, 5.41) is 12.5. The number of nitrogens with zero attached hydrogens (tertiary/aromatic N) is 1. The number of carbonyl (C=O) groups is 3. The van der Waals surface area contributed by atoms with Crippen LogP contribution in [0.2, 0.25) is 10.0 Å².